The Hall–Kier alpha value is -3.81. The van der Waals surface area contributed by atoms with Crippen molar-refractivity contribution in [2.24, 2.45) is 7.05 Å². The Balaban J connectivity index is 1.56. The van der Waals surface area contributed by atoms with E-state index in [2.05, 4.69) is 10.6 Å². The number of aromatic nitrogens is 2. The Labute approximate surface area is 205 Å². The molecule has 4 rings (SSSR count). The molecule has 4 aromatic rings. The number of nitrogens with one attached hydrogen (secondary N) is 2. The van der Waals surface area contributed by atoms with E-state index in [0.29, 0.717) is 27.7 Å². The van der Waals surface area contributed by atoms with Crippen LogP contribution < -0.4 is 16.2 Å². The molecule has 172 valence electrons. The fourth-order valence-corrected chi connectivity index (χ4v) is 3.77. The highest BCUT2D eigenvalue weighted by Crippen LogP contribution is 2.23. The van der Waals surface area contributed by atoms with Crippen molar-refractivity contribution in [3.05, 3.63) is 110 Å². The molecule has 0 unspecified atom stereocenters. The largest absolute Gasteiger partial charge is 0.322 e. The first kappa shape index (κ1) is 23.4. The standard InChI is InChI=1S/C25H20Cl2N4O3/c1-15-22(25(34)31(30(15)2)19-9-4-3-5-10-19)29-24(33)16-7-6-8-18(13-16)28-23(32)17-11-12-20(26)21(27)14-17/h3-14H,1-2H3,(H,28,32)(H,29,33). The second-order valence-corrected chi connectivity index (χ2v) is 8.37. The van der Waals surface area contributed by atoms with Gasteiger partial charge in [-0.05, 0) is 55.5 Å². The highest BCUT2D eigenvalue weighted by Gasteiger charge is 2.19. The lowest BCUT2D eigenvalue weighted by Gasteiger charge is -2.09. The minimum Gasteiger partial charge on any atom is -0.322 e. The van der Waals surface area contributed by atoms with E-state index >= 15 is 0 Å². The van der Waals surface area contributed by atoms with Crippen molar-refractivity contribution < 1.29 is 9.59 Å². The molecule has 1 heterocycles. The van der Waals surface area contributed by atoms with Crippen molar-refractivity contribution in [2.75, 3.05) is 10.6 Å². The van der Waals surface area contributed by atoms with Crippen LogP contribution in [0.4, 0.5) is 11.4 Å². The minimum absolute atomic E-state index is 0.182. The van der Waals surface area contributed by atoms with Crippen LogP contribution in [-0.2, 0) is 7.05 Å². The Bertz CT molecular complexity index is 1460. The van der Waals surface area contributed by atoms with Gasteiger partial charge in [0.15, 0.2) is 0 Å². The summed E-state index contributed by atoms with van der Waals surface area (Å²) < 4.78 is 3.17. The number of carbonyl (C=O) groups excluding carboxylic acids is 2. The van der Waals surface area contributed by atoms with E-state index in [4.69, 9.17) is 23.2 Å². The zero-order valence-corrected chi connectivity index (χ0v) is 19.8. The summed E-state index contributed by atoms with van der Waals surface area (Å²) in [6.07, 6.45) is 0. The molecule has 9 heteroatoms. The minimum atomic E-state index is -0.475. The number of rotatable bonds is 5. The van der Waals surface area contributed by atoms with Crippen LogP contribution in [0.5, 0.6) is 0 Å². The number of carbonyl (C=O) groups is 2. The highest BCUT2D eigenvalue weighted by molar-refractivity contribution is 6.42. The number of amides is 2. The SMILES string of the molecule is Cc1c(NC(=O)c2cccc(NC(=O)c3ccc(Cl)c(Cl)c3)c2)c(=O)n(-c2ccccc2)n1C. The summed E-state index contributed by atoms with van der Waals surface area (Å²) >= 11 is 11.9. The van der Waals surface area contributed by atoms with E-state index in [-0.39, 0.29) is 21.8 Å². The summed E-state index contributed by atoms with van der Waals surface area (Å²) in [4.78, 5) is 38.6. The van der Waals surface area contributed by atoms with Gasteiger partial charge in [-0.15, -0.1) is 0 Å². The number of hydrogen-bond acceptors (Lipinski definition) is 3. The van der Waals surface area contributed by atoms with Crippen LogP contribution in [0.3, 0.4) is 0 Å². The van der Waals surface area contributed by atoms with E-state index in [0.717, 1.165) is 0 Å². The van der Waals surface area contributed by atoms with Crippen LogP contribution in [0.2, 0.25) is 10.0 Å². The number of halogens is 2. The van der Waals surface area contributed by atoms with E-state index < -0.39 is 11.8 Å². The lowest BCUT2D eigenvalue weighted by molar-refractivity contribution is 0.101. The molecule has 0 aliphatic carbocycles. The molecule has 0 saturated carbocycles. The number of benzene rings is 3. The van der Waals surface area contributed by atoms with Gasteiger partial charge in [-0.1, -0.05) is 47.5 Å². The van der Waals surface area contributed by atoms with Crippen molar-refractivity contribution in [1.29, 1.82) is 0 Å². The Morgan fingerprint density at radius 2 is 1.47 bits per heavy atom. The molecule has 0 bridgehead atoms. The Morgan fingerprint density at radius 3 is 2.18 bits per heavy atom. The molecular weight excluding hydrogens is 475 g/mol. The molecule has 7 nitrogen and oxygen atoms in total. The molecule has 0 saturated heterocycles. The van der Waals surface area contributed by atoms with Crippen molar-refractivity contribution in [2.45, 2.75) is 6.92 Å². The van der Waals surface area contributed by atoms with Gasteiger partial charge in [0.05, 0.1) is 21.4 Å². The zero-order valence-electron chi connectivity index (χ0n) is 18.3. The third kappa shape index (κ3) is 4.62. The van der Waals surface area contributed by atoms with E-state index in [1.54, 1.807) is 42.9 Å². The second kappa shape index (κ2) is 9.59. The maximum absolute atomic E-state index is 13.0. The first-order chi connectivity index (χ1) is 16.3. The molecule has 0 atom stereocenters. The van der Waals surface area contributed by atoms with Gasteiger partial charge < -0.3 is 10.6 Å². The molecule has 2 N–H and O–H groups in total. The van der Waals surface area contributed by atoms with Crippen LogP contribution in [-0.4, -0.2) is 21.2 Å². The Kier molecular flexibility index (Phi) is 6.58. The molecule has 2 amide bonds. The van der Waals surface area contributed by atoms with Gasteiger partial charge in [0.2, 0.25) is 0 Å². The van der Waals surface area contributed by atoms with Crippen LogP contribution >= 0.6 is 23.2 Å². The van der Waals surface area contributed by atoms with Gasteiger partial charge in [-0.3, -0.25) is 19.1 Å². The van der Waals surface area contributed by atoms with Crippen molar-refractivity contribution in [3.63, 3.8) is 0 Å². The number of para-hydroxylation sites is 1. The van der Waals surface area contributed by atoms with Gasteiger partial charge in [0.25, 0.3) is 17.4 Å². The molecule has 3 aromatic carbocycles. The van der Waals surface area contributed by atoms with Crippen molar-refractivity contribution in [3.8, 4) is 5.69 Å². The molecular formula is C25H20Cl2N4O3. The topological polar surface area (TPSA) is 85.1 Å². The maximum atomic E-state index is 13.0. The van der Waals surface area contributed by atoms with Crippen LogP contribution in [0.1, 0.15) is 26.4 Å². The van der Waals surface area contributed by atoms with Crippen molar-refractivity contribution in [1.82, 2.24) is 9.36 Å². The number of nitrogens with zero attached hydrogens (tertiary/aromatic N) is 2. The Morgan fingerprint density at radius 1 is 0.794 bits per heavy atom. The van der Waals surface area contributed by atoms with E-state index in [1.807, 2.05) is 30.3 Å². The van der Waals surface area contributed by atoms with Gasteiger partial charge >= 0.3 is 0 Å². The van der Waals surface area contributed by atoms with E-state index in [1.165, 1.54) is 22.9 Å². The summed E-state index contributed by atoms with van der Waals surface area (Å²) in [5.74, 6) is -0.877. The normalized spacial score (nSPS) is 10.7. The highest BCUT2D eigenvalue weighted by atomic mass is 35.5. The third-order valence-electron chi connectivity index (χ3n) is 5.36. The van der Waals surface area contributed by atoms with Crippen molar-refractivity contribution >= 4 is 46.4 Å². The third-order valence-corrected chi connectivity index (χ3v) is 6.10. The van der Waals surface area contributed by atoms with Crippen LogP contribution in [0.15, 0.2) is 77.6 Å². The second-order valence-electron chi connectivity index (χ2n) is 7.55. The average Bonchev–Trinajstić information content (AvgIpc) is 3.04. The molecule has 0 aliphatic heterocycles. The smallest absolute Gasteiger partial charge is 0.295 e. The van der Waals surface area contributed by atoms with Crippen LogP contribution in [0, 0.1) is 6.92 Å². The molecule has 0 fully saturated rings. The predicted octanol–water partition coefficient (Wildman–Crippen LogP) is 5.30. The summed E-state index contributed by atoms with van der Waals surface area (Å²) in [6.45, 7) is 1.75. The van der Waals surface area contributed by atoms with Gasteiger partial charge in [-0.2, -0.15) is 0 Å². The summed E-state index contributed by atoms with van der Waals surface area (Å²) in [5.41, 5.74) is 2.14. The first-order valence-electron chi connectivity index (χ1n) is 10.3. The maximum Gasteiger partial charge on any atom is 0.295 e. The number of anilines is 2. The fraction of sp³-hybridized carbons (Fsp3) is 0.0800. The molecule has 0 spiro atoms. The predicted molar refractivity (Wildman–Crippen MR) is 135 cm³/mol. The van der Waals surface area contributed by atoms with Gasteiger partial charge in [0, 0.05) is 23.9 Å². The summed E-state index contributed by atoms with van der Waals surface area (Å²) in [7, 11) is 1.75. The summed E-state index contributed by atoms with van der Waals surface area (Å²) in [5, 5.41) is 6.06. The van der Waals surface area contributed by atoms with Crippen LogP contribution in [0.25, 0.3) is 5.69 Å². The zero-order chi connectivity index (χ0) is 24.4. The lowest BCUT2D eigenvalue weighted by atomic mass is 10.1. The summed E-state index contributed by atoms with van der Waals surface area (Å²) in [6, 6.07) is 20.1. The molecule has 1 aromatic heterocycles. The van der Waals surface area contributed by atoms with E-state index in [9.17, 15) is 14.4 Å². The van der Waals surface area contributed by atoms with Gasteiger partial charge in [-0.25, -0.2) is 4.68 Å². The fourth-order valence-electron chi connectivity index (χ4n) is 3.48. The lowest BCUT2D eigenvalue weighted by Crippen LogP contribution is -2.23. The number of hydrogen-bond donors (Lipinski definition) is 2. The molecule has 0 aliphatic rings. The first-order valence-corrected chi connectivity index (χ1v) is 11.0. The monoisotopic (exact) mass is 494 g/mol. The molecule has 34 heavy (non-hydrogen) atoms. The average molecular weight is 495 g/mol. The quantitative estimate of drug-likeness (QED) is 0.394. The van der Waals surface area contributed by atoms with Gasteiger partial charge in [0.1, 0.15) is 5.69 Å². The molecule has 0 radical (unpaired) electrons.